The van der Waals surface area contributed by atoms with E-state index in [1.54, 1.807) is 7.11 Å². The van der Waals surface area contributed by atoms with Crippen LogP contribution in [0.2, 0.25) is 0 Å². The van der Waals surface area contributed by atoms with E-state index >= 15 is 0 Å². The number of hydrogen-bond acceptors (Lipinski definition) is 8. The average molecular weight is 714 g/mol. The van der Waals surface area contributed by atoms with Crippen molar-refractivity contribution in [2.75, 3.05) is 20.3 Å². The lowest BCUT2D eigenvalue weighted by atomic mass is 9.99. The van der Waals surface area contributed by atoms with E-state index in [4.69, 9.17) is 14.2 Å². The lowest BCUT2D eigenvalue weighted by molar-refractivity contribution is -0.302. The quantitative estimate of drug-likeness (QED) is 0.0334. The number of allylic oxidation sites excluding steroid dienone is 1. The molecule has 0 bridgehead atoms. The molecule has 0 aromatic rings. The zero-order valence-electron chi connectivity index (χ0n) is 32.4. The van der Waals surface area contributed by atoms with Crippen molar-refractivity contribution in [3.8, 4) is 0 Å². The molecule has 0 spiro atoms. The van der Waals surface area contributed by atoms with Crippen molar-refractivity contribution in [3.63, 3.8) is 0 Å². The maximum absolute atomic E-state index is 13.0. The van der Waals surface area contributed by atoms with E-state index < -0.39 is 49.5 Å². The standard InChI is InChI=1S/C41H79NO8/c1-4-6-8-10-12-14-16-18-20-22-24-26-28-30-35(48-3)34(33-49-41-40(47)39(46)38(45)36(32-43)50-41)42-37(44)31-29-27-25-23-21-19-17-15-13-11-9-7-5-2/h28,30,34-36,38-41,43,45-47H,4-27,29,31-33H2,1-3H3,(H,42,44)/b30-28+/t34-,35-,36?,38+,39?,40-,41+/m0/s1. The molecule has 1 aliphatic heterocycles. The molecular formula is C41H79NO8. The van der Waals surface area contributed by atoms with Crippen LogP contribution < -0.4 is 5.32 Å². The fourth-order valence-electron chi connectivity index (χ4n) is 6.74. The third-order valence-electron chi connectivity index (χ3n) is 10.1. The number of aliphatic hydroxyl groups is 4. The molecule has 1 amide bonds. The van der Waals surface area contributed by atoms with Crippen LogP contribution in [0.25, 0.3) is 0 Å². The highest BCUT2D eigenvalue weighted by Crippen LogP contribution is 2.23. The number of methoxy groups -OCH3 is 1. The van der Waals surface area contributed by atoms with Crippen LogP contribution in [0.3, 0.4) is 0 Å². The maximum Gasteiger partial charge on any atom is 0.220 e. The van der Waals surface area contributed by atoms with Gasteiger partial charge in [0.25, 0.3) is 0 Å². The SMILES string of the molecule is CCCCCCCCCCCCC/C=C/[C@H](OC)[C@H](CO[C@@H]1OC(CO)[C@@H](O)C(O)[C@@H]1O)NC(=O)CCCCCCCCCCCCCCC. The molecule has 9 nitrogen and oxygen atoms in total. The van der Waals surface area contributed by atoms with Crippen LogP contribution in [0.1, 0.15) is 181 Å². The fourth-order valence-corrected chi connectivity index (χ4v) is 6.74. The molecule has 0 aliphatic carbocycles. The highest BCUT2D eigenvalue weighted by molar-refractivity contribution is 5.76. The number of carbonyl (C=O) groups is 1. The van der Waals surface area contributed by atoms with Crippen LogP contribution >= 0.6 is 0 Å². The normalized spacial score (nSPS) is 22.3. The van der Waals surface area contributed by atoms with Crippen LogP contribution in [0.15, 0.2) is 12.2 Å². The van der Waals surface area contributed by atoms with Crippen molar-refractivity contribution in [2.24, 2.45) is 0 Å². The number of carbonyl (C=O) groups excluding carboxylic acids is 1. The summed E-state index contributed by atoms with van der Waals surface area (Å²) in [6.07, 6.45) is 28.5. The number of hydrogen-bond donors (Lipinski definition) is 5. The molecular weight excluding hydrogens is 634 g/mol. The van der Waals surface area contributed by atoms with Crippen molar-refractivity contribution in [1.82, 2.24) is 5.32 Å². The number of ether oxygens (including phenoxy) is 3. The molecule has 0 saturated carbocycles. The third kappa shape index (κ3) is 22.8. The highest BCUT2D eigenvalue weighted by atomic mass is 16.7. The molecule has 0 radical (unpaired) electrons. The molecule has 296 valence electrons. The van der Waals surface area contributed by atoms with Crippen molar-refractivity contribution in [3.05, 3.63) is 12.2 Å². The summed E-state index contributed by atoms with van der Waals surface area (Å²) in [5.74, 6) is -0.0868. The van der Waals surface area contributed by atoms with Crippen LogP contribution in [0.4, 0.5) is 0 Å². The van der Waals surface area contributed by atoms with Gasteiger partial charge in [-0.15, -0.1) is 0 Å². The first kappa shape index (κ1) is 47.0. The topological polar surface area (TPSA) is 138 Å². The first-order valence-corrected chi connectivity index (χ1v) is 20.8. The van der Waals surface area contributed by atoms with E-state index in [9.17, 15) is 25.2 Å². The van der Waals surface area contributed by atoms with Crippen LogP contribution in [0.5, 0.6) is 0 Å². The summed E-state index contributed by atoms with van der Waals surface area (Å²) in [6, 6.07) is -0.560. The van der Waals surface area contributed by atoms with Gasteiger partial charge in [0.2, 0.25) is 5.91 Å². The Hall–Kier alpha value is -1.07. The summed E-state index contributed by atoms with van der Waals surface area (Å²) in [7, 11) is 1.59. The van der Waals surface area contributed by atoms with Gasteiger partial charge in [-0.25, -0.2) is 0 Å². The van der Waals surface area contributed by atoms with E-state index in [2.05, 4.69) is 25.2 Å². The van der Waals surface area contributed by atoms with Crippen LogP contribution in [-0.4, -0.2) is 89.5 Å². The summed E-state index contributed by atoms with van der Waals surface area (Å²) in [5, 5.41) is 43.4. The second-order valence-corrected chi connectivity index (χ2v) is 14.6. The Bertz CT molecular complexity index is 797. The summed E-state index contributed by atoms with van der Waals surface area (Å²) in [5.41, 5.74) is 0. The van der Waals surface area contributed by atoms with Gasteiger partial charge in [0.1, 0.15) is 24.4 Å². The van der Waals surface area contributed by atoms with E-state index in [1.807, 2.05) is 6.08 Å². The second kappa shape index (κ2) is 32.6. The molecule has 7 atom stereocenters. The Kier molecular flexibility index (Phi) is 30.6. The zero-order valence-corrected chi connectivity index (χ0v) is 32.4. The van der Waals surface area contributed by atoms with Crippen LogP contribution in [0, 0.1) is 0 Å². The van der Waals surface area contributed by atoms with Crippen molar-refractivity contribution in [1.29, 1.82) is 0 Å². The van der Waals surface area contributed by atoms with Gasteiger partial charge in [0.05, 0.1) is 25.4 Å². The highest BCUT2D eigenvalue weighted by Gasteiger charge is 2.44. The molecule has 1 aliphatic rings. The Morgan fingerprint density at radius 2 is 1.14 bits per heavy atom. The molecule has 1 fully saturated rings. The Balaban J connectivity index is 2.50. The van der Waals surface area contributed by atoms with E-state index in [-0.39, 0.29) is 12.5 Å². The third-order valence-corrected chi connectivity index (χ3v) is 10.1. The first-order valence-electron chi connectivity index (χ1n) is 20.8. The molecule has 0 aromatic heterocycles. The molecule has 1 rings (SSSR count). The number of unbranched alkanes of at least 4 members (excludes halogenated alkanes) is 23. The Morgan fingerprint density at radius 1 is 0.680 bits per heavy atom. The second-order valence-electron chi connectivity index (χ2n) is 14.6. The zero-order chi connectivity index (χ0) is 36.7. The number of amides is 1. The molecule has 0 aromatic carbocycles. The van der Waals surface area contributed by atoms with E-state index in [0.29, 0.717) is 6.42 Å². The molecule has 1 heterocycles. The van der Waals surface area contributed by atoms with Gasteiger partial charge in [-0.1, -0.05) is 167 Å². The van der Waals surface area contributed by atoms with Gasteiger partial charge in [0.15, 0.2) is 6.29 Å². The lowest BCUT2D eigenvalue weighted by Gasteiger charge is -2.40. The largest absolute Gasteiger partial charge is 0.394 e. The number of aliphatic hydroxyl groups excluding tert-OH is 4. The monoisotopic (exact) mass is 714 g/mol. The molecule has 50 heavy (non-hydrogen) atoms. The van der Waals surface area contributed by atoms with Gasteiger partial charge in [-0.2, -0.15) is 0 Å². The fraction of sp³-hybridized carbons (Fsp3) is 0.927. The van der Waals surface area contributed by atoms with Gasteiger partial charge >= 0.3 is 0 Å². The average Bonchev–Trinajstić information content (AvgIpc) is 3.12. The minimum Gasteiger partial charge on any atom is -0.394 e. The van der Waals surface area contributed by atoms with E-state index in [1.165, 1.54) is 128 Å². The van der Waals surface area contributed by atoms with Crippen molar-refractivity contribution >= 4 is 5.91 Å². The first-order chi connectivity index (χ1) is 24.4. The van der Waals surface area contributed by atoms with E-state index in [0.717, 1.165) is 32.1 Å². The minimum absolute atomic E-state index is 0.0473. The van der Waals surface area contributed by atoms with Crippen molar-refractivity contribution < 1.29 is 39.4 Å². The predicted octanol–water partition coefficient (Wildman–Crippen LogP) is 8.04. The van der Waals surface area contributed by atoms with Gasteiger partial charge < -0.3 is 40.0 Å². The lowest BCUT2D eigenvalue weighted by Crippen LogP contribution is -2.60. The Morgan fingerprint density at radius 3 is 1.60 bits per heavy atom. The van der Waals surface area contributed by atoms with Gasteiger partial charge in [-0.05, 0) is 19.3 Å². The number of nitrogens with one attached hydrogen (secondary N) is 1. The number of rotatable bonds is 34. The minimum atomic E-state index is -1.53. The predicted molar refractivity (Wildman–Crippen MR) is 203 cm³/mol. The summed E-state index contributed by atoms with van der Waals surface area (Å²) in [4.78, 5) is 13.0. The van der Waals surface area contributed by atoms with Gasteiger partial charge in [0, 0.05) is 13.5 Å². The van der Waals surface area contributed by atoms with Gasteiger partial charge in [-0.3, -0.25) is 4.79 Å². The summed E-state index contributed by atoms with van der Waals surface area (Å²) >= 11 is 0. The van der Waals surface area contributed by atoms with Crippen molar-refractivity contribution in [2.45, 2.75) is 224 Å². The summed E-state index contributed by atoms with van der Waals surface area (Å²) in [6.45, 7) is 3.93. The van der Waals surface area contributed by atoms with Crippen LogP contribution in [-0.2, 0) is 19.0 Å². The molecule has 1 saturated heterocycles. The summed E-state index contributed by atoms with van der Waals surface area (Å²) < 4.78 is 17.2. The molecule has 9 heteroatoms. The smallest absolute Gasteiger partial charge is 0.220 e. The Labute approximate surface area is 306 Å². The molecule has 5 N–H and O–H groups in total. The molecule has 2 unspecified atom stereocenters. The maximum atomic E-state index is 13.0.